The summed E-state index contributed by atoms with van der Waals surface area (Å²) in [4.78, 5) is 42.0. The monoisotopic (exact) mass is 641 g/mol. The minimum atomic E-state index is -3.77. The van der Waals surface area contributed by atoms with Gasteiger partial charge in [-0.2, -0.15) is 0 Å². The van der Waals surface area contributed by atoms with Crippen molar-refractivity contribution in [3.8, 4) is 17.2 Å². The van der Waals surface area contributed by atoms with Gasteiger partial charge in [0, 0.05) is 22.4 Å². The van der Waals surface area contributed by atoms with E-state index in [0.717, 1.165) is 5.56 Å². The Kier molecular flexibility index (Phi) is 8.95. The Morgan fingerprint density at radius 3 is 2.47 bits per heavy atom. The van der Waals surface area contributed by atoms with Crippen LogP contribution < -0.4 is 20.1 Å². The number of carbonyl (C=O) groups excluding carboxylic acids is 3. The van der Waals surface area contributed by atoms with Gasteiger partial charge in [-0.3, -0.25) is 14.4 Å². The molecule has 2 aliphatic heterocycles. The van der Waals surface area contributed by atoms with Gasteiger partial charge in [0.15, 0.2) is 17.6 Å². The van der Waals surface area contributed by atoms with Crippen LogP contribution in [0.25, 0.3) is 0 Å². The van der Waals surface area contributed by atoms with Crippen LogP contribution in [0.15, 0.2) is 66.7 Å². The lowest BCUT2D eigenvalue weighted by atomic mass is 9.96. The highest BCUT2D eigenvalue weighted by Gasteiger charge is 2.50. The van der Waals surface area contributed by atoms with Gasteiger partial charge in [0.1, 0.15) is 11.8 Å². The van der Waals surface area contributed by atoms with Gasteiger partial charge in [-0.05, 0) is 62.6 Å². The van der Waals surface area contributed by atoms with Crippen LogP contribution in [0.3, 0.4) is 0 Å². The number of thioether (sulfide) groups is 1. The minimum Gasteiger partial charge on any atom is -0.508 e. The lowest BCUT2D eigenvalue weighted by Crippen LogP contribution is -2.58. The van der Waals surface area contributed by atoms with E-state index >= 15 is 0 Å². The molecule has 1 fully saturated rings. The summed E-state index contributed by atoms with van der Waals surface area (Å²) in [5.41, 5.74) is 1.77. The van der Waals surface area contributed by atoms with Crippen LogP contribution in [0.4, 0.5) is 8.78 Å². The van der Waals surface area contributed by atoms with Crippen LogP contribution in [0, 0.1) is 6.92 Å². The molecule has 0 spiro atoms. The molecule has 0 saturated carbocycles. The number of aromatic hydroxyl groups is 1. The normalized spacial score (nSPS) is 19.1. The third kappa shape index (κ3) is 6.99. The van der Waals surface area contributed by atoms with Crippen molar-refractivity contribution in [3.05, 3.63) is 89.0 Å². The molecule has 238 valence electrons. The predicted molar refractivity (Wildman–Crippen MR) is 162 cm³/mol. The summed E-state index contributed by atoms with van der Waals surface area (Å²) in [5.74, 6) is -2.07. The molecule has 4 N–H and O–H groups in total. The molecule has 3 amide bonds. The van der Waals surface area contributed by atoms with E-state index in [-0.39, 0.29) is 41.7 Å². The standard InChI is InChI=1S/C32H33F2N3O7S/c1-18-21(10-7-11-23(18)38)28(40)36-22(14-19-8-5-4-6-9-19)26(39)30(42)37-17-45-31(2,3)27(37)29(41)35-16-20-12-13-24-25(15-20)44-32(33,34)43-24/h4-13,15,22,26-27,38-39H,14,16-17H2,1-3H3,(H,35,41)(H,36,40)/t22-,26-,27?/m0/s1. The van der Waals surface area contributed by atoms with E-state index in [1.54, 1.807) is 45.0 Å². The molecule has 5 rings (SSSR count). The van der Waals surface area contributed by atoms with Gasteiger partial charge in [-0.15, -0.1) is 20.5 Å². The number of amides is 3. The molecule has 2 aliphatic rings. The molecule has 3 atom stereocenters. The second-order valence-corrected chi connectivity index (χ2v) is 13.0. The molecule has 0 bridgehead atoms. The van der Waals surface area contributed by atoms with Gasteiger partial charge in [-0.1, -0.05) is 42.5 Å². The fourth-order valence-corrected chi connectivity index (χ4v) is 6.51. The number of benzene rings is 3. The number of alkyl halides is 2. The number of phenolic OH excluding ortho intramolecular Hbond substituents is 1. The maximum absolute atomic E-state index is 13.9. The Labute approximate surface area is 262 Å². The Bertz CT molecular complexity index is 1600. The average molecular weight is 642 g/mol. The van der Waals surface area contributed by atoms with Crippen LogP contribution in [0.5, 0.6) is 17.2 Å². The summed E-state index contributed by atoms with van der Waals surface area (Å²) >= 11 is 1.36. The van der Waals surface area contributed by atoms with Crippen molar-refractivity contribution >= 4 is 29.5 Å². The number of aliphatic hydroxyl groups excluding tert-OH is 1. The quantitative estimate of drug-likeness (QED) is 0.278. The topological polar surface area (TPSA) is 137 Å². The largest absolute Gasteiger partial charge is 0.586 e. The van der Waals surface area contributed by atoms with Gasteiger partial charge in [0.25, 0.3) is 11.8 Å². The molecule has 0 radical (unpaired) electrons. The molecule has 1 unspecified atom stereocenters. The second kappa shape index (κ2) is 12.6. The highest BCUT2D eigenvalue weighted by atomic mass is 32.2. The van der Waals surface area contributed by atoms with Crippen molar-refractivity contribution in [2.45, 2.75) is 63.0 Å². The second-order valence-electron chi connectivity index (χ2n) is 11.4. The first-order chi connectivity index (χ1) is 21.3. The number of aliphatic hydroxyl groups is 1. The molecule has 1 saturated heterocycles. The summed E-state index contributed by atoms with van der Waals surface area (Å²) < 4.78 is 35.0. The Hall–Kier alpha value is -4.36. The molecule has 3 aromatic rings. The fourth-order valence-electron chi connectivity index (χ4n) is 5.37. The predicted octanol–water partition coefficient (Wildman–Crippen LogP) is 3.72. The highest BCUT2D eigenvalue weighted by Crippen LogP contribution is 2.42. The number of rotatable bonds is 9. The molecule has 13 heteroatoms. The summed E-state index contributed by atoms with van der Waals surface area (Å²) in [6, 6.07) is 15.6. The van der Waals surface area contributed by atoms with Crippen molar-refractivity contribution in [2.75, 3.05) is 5.88 Å². The number of hydrogen-bond acceptors (Lipinski definition) is 8. The van der Waals surface area contributed by atoms with Gasteiger partial charge >= 0.3 is 6.29 Å². The Morgan fingerprint density at radius 1 is 1.02 bits per heavy atom. The van der Waals surface area contributed by atoms with Crippen LogP contribution >= 0.6 is 11.8 Å². The number of hydrogen-bond donors (Lipinski definition) is 4. The summed E-state index contributed by atoms with van der Waals surface area (Å²) in [6.45, 7) is 5.15. The SMILES string of the molecule is Cc1c(O)cccc1C(=O)N[C@@H](Cc1ccccc1)[C@H](O)C(=O)N1CSC(C)(C)C1C(=O)NCc1ccc2c(c1)OC(F)(F)O2. The summed E-state index contributed by atoms with van der Waals surface area (Å²) in [5, 5.41) is 27.1. The minimum absolute atomic E-state index is 0.0428. The van der Waals surface area contributed by atoms with E-state index in [9.17, 15) is 33.4 Å². The van der Waals surface area contributed by atoms with E-state index in [2.05, 4.69) is 20.1 Å². The zero-order valence-electron chi connectivity index (χ0n) is 24.8. The third-order valence-electron chi connectivity index (χ3n) is 7.81. The van der Waals surface area contributed by atoms with E-state index in [1.165, 1.54) is 53.1 Å². The molecule has 3 aromatic carbocycles. The first-order valence-corrected chi connectivity index (χ1v) is 15.2. The molecule has 10 nitrogen and oxygen atoms in total. The van der Waals surface area contributed by atoms with Crippen LogP contribution in [-0.2, 0) is 22.6 Å². The maximum Gasteiger partial charge on any atom is 0.586 e. The zero-order valence-corrected chi connectivity index (χ0v) is 25.6. The van der Waals surface area contributed by atoms with E-state index in [4.69, 9.17) is 0 Å². The summed E-state index contributed by atoms with van der Waals surface area (Å²) in [6.07, 6.45) is -5.37. The average Bonchev–Trinajstić information content (AvgIpc) is 3.49. The number of nitrogens with one attached hydrogen (secondary N) is 2. The number of halogens is 2. The molecular weight excluding hydrogens is 608 g/mol. The van der Waals surface area contributed by atoms with Crippen LogP contribution in [-0.4, -0.2) is 67.9 Å². The Morgan fingerprint density at radius 2 is 1.73 bits per heavy atom. The fraction of sp³-hybridized carbons (Fsp3) is 0.344. The van der Waals surface area contributed by atoms with Crippen molar-refractivity contribution in [1.29, 1.82) is 0 Å². The van der Waals surface area contributed by atoms with Gasteiger partial charge in [0.2, 0.25) is 5.91 Å². The lowest BCUT2D eigenvalue weighted by molar-refractivity contribution is -0.286. The van der Waals surface area contributed by atoms with Crippen LogP contribution in [0.1, 0.15) is 40.9 Å². The number of nitrogens with zero attached hydrogens (tertiary/aromatic N) is 1. The first kappa shape index (κ1) is 32.0. The van der Waals surface area contributed by atoms with Gasteiger partial charge in [-0.25, -0.2) is 0 Å². The number of phenols is 1. The number of fused-ring (bicyclic) bond motifs is 1. The first-order valence-electron chi connectivity index (χ1n) is 14.2. The highest BCUT2D eigenvalue weighted by molar-refractivity contribution is 8.00. The van der Waals surface area contributed by atoms with E-state index in [0.29, 0.717) is 11.1 Å². The molecule has 0 aliphatic carbocycles. The number of carbonyl (C=O) groups is 3. The number of ether oxygens (including phenoxy) is 2. The van der Waals surface area contributed by atoms with Gasteiger partial charge in [0.05, 0.1) is 11.9 Å². The maximum atomic E-state index is 13.9. The molecular formula is C32H33F2N3O7S. The van der Waals surface area contributed by atoms with Crippen molar-refractivity contribution in [2.24, 2.45) is 0 Å². The van der Waals surface area contributed by atoms with Crippen molar-refractivity contribution < 1.29 is 42.9 Å². The Balaban J connectivity index is 1.33. The molecule has 2 heterocycles. The van der Waals surface area contributed by atoms with Crippen LogP contribution in [0.2, 0.25) is 0 Å². The smallest absolute Gasteiger partial charge is 0.508 e. The zero-order chi connectivity index (χ0) is 32.5. The van der Waals surface area contributed by atoms with Crippen molar-refractivity contribution in [3.63, 3.8) is 0 Å². The van der Waals surface area contributed by atoms with E-state index in [1.807, 2.05) is 6.07 Å². The molecule has 45 heavy (non-hydrogen) atoms. The van der Waals surface area contributed by atoms with E-state index < -0.39 is 47.0 Å². The lowest BCUT2D eigenvalue weighted by Gasteiger charge is -2.33. The van der Waals surface area contributed by atoms with Crippen molar-refractivity contribution in [1.82, 2.24) is 15.5 Å². The summed E-state index contributed by atoms with van der Waals surface area (Å²) in [7, 11) is 0. The molecule has 0 aromatic heterocycles. The van der Waals surface area contributed by atoms with Gasteiger partial charge < -0.3 is 35.2 Å². The third-order valence-corrected chi connectivity index (χ3v) is 9.18.